The van der Waals surface area contributed by atoms with Crippen molar-refractivity contribution in [2.24, 2.45) is 22.7 Å². The molecule has 2 atom stereocenters. The lowest BCUT2D eigenvalue weighted by Crippen LogP contribution is -2.39. The number of hydrogen-bond donors (Lipinski definition) is 2. The van der Waals surface area contributed by atoms with Crippen LogP contribution in [0.1, 0.15) is 73.6 Å². The third-order valence-corrected chi connectivity index (χ3v) is 4.31. The highest BCUT2D eigenvalue weighted by Crippen LogP contribution is 2.39. The van der Waals surface area contributed by atoms with Gasteiger partial charge in [0.05, 0.1) is 0 Å². The molecule has 4 nitrogen and oxygen atoms in total. The van der Waals surface area contributed by atoms with Crippen molar-refractivity contribution < 1.29 is 9.59 Å². The van der Waals surface area contributed by atoms with Crippen LogP contribution in [0.25, 0.3) is 0 Å². The molecule has 0 spiro atoms. The standard InChI is InChI=1S/C19H36N2O2/c1-18(2,3)12-14-8-7-9-15(14)17(23)21-11-10-20-16(22)13-19(4,5)6/h14-15H,7-13H2,1-6H3,(H,20,22)(H,21,23)/t14-,15-/m1/s1. The van der Waals surface area contributed by atoms with Gasteiger partial charge < -0.3 is 10.6 Å². The third-order valence-electron chi connectivity index (χ3n) is 4.31. The van der Waals surface area contributed by atoms with Gasteiger partial charge in [0.15, 0.2) is 0 Å². The first-order valence-corrected chi connectivity index (χ1v) is 9.02. The van der Waals surface area contributed by atoms with E-state index in [1.54, 1.807) is 0 Å². The van der Waals surface area contributed by atoms with Crippen LogP contribution in [0, 0.1) is 22.7 Å². The number of rotatable bonds is 6. The van der Waals surface area contributed by atoms with E-state index in [2.05, 4.69) is 31.4 Å². The van der Waals surface area contributed by atoms with Crippen LogP contribution in [-0.2, 0) is 9.59 Å². The Hall–Kier alpha value is -1.06. The molecule has 2 amide bonds. The van der Waals surface area contributed by atoms with E-state index < -0.39 is 0 Å². The van der Waals surface area contributed by atoms with Crippen LogP contribution >= 0.6 is 0 Å². The fraction of sp³-hybridized carbons (Fsp3) is 0.895. The summed E-state index contributed by atoms with van der Waals surface area (Å²) >= 11 is 0. The molecule has 0 bridgehead atoms. The molecule has 1 saturated carbocycles. The van der Waals surface area contributed by atoms with Gasteiger partial charge in [0.1, 0.15) is 0 Å². The van der Waals surface area contributed by atoms with Crippen LogP contribution < -0.4 is 10.6 Å². The number of nitrogens with one attached hydrogen (secondary N) is 2. The molecule has 0 radical (unpaired) electrons. The summed E-state index contributed by atoms with van der Waals surface area (Å²) in [7, 11) is 0. The van der Waals surface area contributed by atoms with E-state index in [0.717, 1.165) is 25.7 Å². The van der Waals surface area contributed by atoms with Crippen LogP contribution in [0.5, 0.6) is 0 Å². The average Bonchev–Trinajstić information content (AvgIpc) is 2.78. The van der Waals surface area contributed by atoms with Crippen molar-refractivity contribution in [1.29, 1.82) is 0 Å². The predicted molar refractivity (Wildman–Crippen MR) is 95.0 cm³/mol. The molecule has 0 aromatic heterocycles. The maximum atomic E-state index is 12.4. The van der Waals surface area contributed by atoms with E-state index >= 15 is 0 Å². The Balaban J connectivity index is 2.29. The Morgan fingerprint density at radius 2 is 1.52 bits per heavy atom. The first-order chi connectivity index (χ1) is 10.5. The van der Waals surface area contributed by atoms with Crippen LogP contribution in [-0.4, -0.2) is 24.9 Å². The van der Waals surface area contributed by atoms with Crippen molar-refractivity contribution in [3.63, 3.8) is 0 Å². The SMILES string of the molecule is CC(C)(C)CC(=O)NCCNC(=O)[C@@H]1CCC[C@@H]1CC(C)(C)C. The molecule has 0 aliphatic heterocycles. The quantitative estimate of drug-likeness (QED) is 0.735. The highest BCUT2D eigenvalue weighted by atomic mass is 16.2. The second-order valence-corrected chi connectivity index (χ2v) is 9.44. The van der Waals surface area contributed by atoms with Gasteiger partial charge in [-0.1, -0.05) is 48.0 Å². The molecule has 134 valence electrons. The lowest BCUT2D eigenvalue weighted by molar-refractivity contribution is -0.127. The van der Waals surface area contributed by atoms with E-state index in [0.29, 0.717) is 25.4 Å². The van der Waals surface area contributed by atoms with Crippen molar-refractivity contribution in [3.05, 3.63) is 0 Å². The first kappa shape index (κ1) is 20.0. The van der Waals surface area contributed by atoms with Crippen molar-refractivity contribution >= 4 is 11.8 Å². The zero-order valence-electron chi connectivity index (χ0n) is 15.9. The van der Waals surface area contributed by atoms with Gasteiger partial charge in [0.2, 0.25) is 11.8 Å². The van der Waals surface area contributed by atoms with Gasteiger partial charge in [-0.25, -0.2) is 0 Å². The summed E-state index contributed by atoms with van der Waals surface area (Å²) in [6.07, 6.45) is 4.94. The van der Waals surface area contributed by atoms with E-state index in [4.69, 9.17) is 0 Å². The summed E-state index contributed by atoms with van der Waals surface area (Å²) < 4.78 is 0. The van der Waals surface area contributed by atoms with E-state index in [9.17, 15) is 9.59 Å². The fourth-order valence-corrected chi connectivity index (χ4v) is 3.48. The summed E-state index contributed by atoms with van der Waals surface area (Å²) in [5, 5.41) is 5.89. The topological polar surface area (TPSA) is 58.2 Å². The van der Waals surface area contributed by atoms with Gasteiger partial charge in [-0.2, -0.15) is 0 Å². The van der Waals surface area contributed by atoms with Crippen LogP contribution in [0.2, 0.25) is 0 Å². The summed E-state index contributed by atoms with van der Waals surface area (Å²) in [5.41, 5.74) is 0.270. The maximum absolute atomic E-state index is 12.4. The van der Waals surface area contributed by atoms with Crippen LogP contribution in [0.4, 0.5) is 0 Å². The molecule has 2 N–H and O–H groups in total. The molecule has 4 heteroatoms. The second-order valence-electron chi connectivity index (χ2n) is 9.44. The molecule has 0 saturated heterocycles. The molecule has 0 unspecified atom stereocenters. The lowest BCUT2D eigenvalue weighted by Gasteiger charge is -2.27. The Kier molecular flexibility index (Phi) is 7.09. The fourth-order valence-electron chi connectivity index (χ4n) is 3.48. The Morgan fingerprint density at radius 1 is 0.913 bits per heavy atom. The molecule has 0 heterocycles. The van der Waals surface area contributed by atoms with Crippen molar-refractivity contribution in [2.45, 2.75) is 73.6 Å². The summed E-state index contributed by atoms with van der Waals surface area (Å²) in [4.78, 5) is 24.1. The van der Waals surface area contributed by atoms with Gasteiger partial charge in [0, 0.05) is 25.4 Å². The number of hydrogen-bond acceptors (Lipinski definition) is 2. The minimum Gasteiger partial charge on any atom is -0.354 e. The molecule has 23 heavy (non-hydrogen) atoms. The van der Waals surface area contributed by atoms with Crippen LogP contribution in [0.15, 0.2) is 0 Å². The molecule has 1 aliphatic rings. The number of carbonyl (C=O) groups excluding carboxylic acids is 2. The summed E-state index contributed by atoms with van der Waals surface area (Å²) in [6.45, 7) is 13.9. The van der Waals surface area contributed by atoms with E-state index in [1.807, 2.05) is 20.8 Å². The smallest absolute Gasteiger partial charge is 0.223 e. The average molecular weight is 325 g/mol. The van der Waals surface area contributed by atoms with Crippen molar-refractivity contribution in [3.8, 4) is 0 Å². The van der Waals surface area contributed by atoms with E-state index in [-0.39, 0.29) is 28.6 Å². The largest absolute Gasteiger partial charge is 0.354 e. The van der Waals surface area contributed by atoms with E-state index in [1.165, 1.54) is 0 Å². The third kappa shape index (κ3) is 8.38. The highest BCUT2D eigenvalue weighted by Gasteiger charge is 2.34. The molecule has 0 aromatic rings. The molecule has 0 aromatic carbocycles. The zero-order chi connectivity index (χ0) is 17.7. The zero-order valence-corrected chi connectivity index (χ0v) is 15.9. The summed E-state index contributed by atoms with van der Waals surface area (Å²) in [5.74, 6) is 0.880. The van der Waals surface area contributed by atoms with Gasteiger partial charge in [-0.3, -0.25) is 9.59 Å². The van der Waals surface area contributed by atoms with Gasteiger partial charge >= 0.3 is 0 Å². The lowest BCUT2D eigenvalue weighted by atomic mass is 9.80. The van der Waals surface area contributed by atoms with Gasteiger partial charge in [0.25, 0.3) is 0 Å². The summed E-state index contributed by atoms with van der Waals surface area (Å²) in [6, 6.07) is 0. The highest BCUT2D eigenvalue weighted by molar-refractivity contribution is 5.79. The van der Waals surface area contributed by atoms with Crippen molar-refractivity contribution in [2.75, 3.05) is 13.1 Å². The van der Waals surface area contributed by atoms with Crippen molar-refractivity contribution in [1.82, 2.24) is 10.6 Å². The Labute approximate surface area is 142 Å². The predicted octanol–water partition coefficient (Wildman–Crippen LogP) is 3.51. The molecule has 1 fully saturated rings. The molecule has 1 aliphatic carbocycles. The number of amides is 2. The number of carbonyl (C=O) groups is 2. The van der Waals surface area contributed by atoms with Gasteiger partial charge in [-0.05, 0) is 36.0 Å². The molecular formula is C19H36N2O2. The Morgan fingerprint density at radius 3 is 2.09 bits per heavy atom. The molecule has 1 rings (SSSR count). The normalized spacial score (nSPS) is 22.0. The minimum atomic E-state index is -0.00262. The molecular weight excluding hydrogens is 288 g/mol. The first-order valence-electron chi connectivity index (χ1n) is 9.02. The second kappa shape index (κ2) is 8.16. The minimum absolute atomic E-state index is 0.00262. The van der Waals surface area contributed by atoms with Crippen LogP contribution in [0.3, 0.4) is 0 Å². The Bertz CT molecular complexity index is 405. The van der Waals surface area contributed by atoms with Gasteiger partial charge in [-0.15, -0.1) is 0 Å². The maximum Gasteiger partial charge on any atom is 0.223 e. The monoisotopic (exact) mass is 324 g/mol.